The maximum absolute atomic E-state index is 13.4. The highest BCUT2D eigenvalue weighted by molar-refractivity contribution is 7.20. The summed E-state index contributed by atoms with van der Waals surface area (Å²) in [5.41, 5.74) is 2.20. The van der Waals surface area contributed by atoms with Crippen LogP contribution in [0.25, 0.3) is 15.9 Å². The molecule has 0 saturated carbocycles. The Labute approximate surface area is 168 Å². The van der Waals surface area contributed by atoms with E-state index in [1.807, 2.05) is 6.07 Å². The van der Waals surface area contributed by atoms with E-state index in [4.69, 9.17) is 0 Å². The molecular weight excluding hydrogens is 392 g/mol. The zero-order valence-electron chi connectivity index (χ0n) is 15.9. The molecule has 29 heavy (non-hydrogen) atoms. The van der Waals surface area contributed by atoms with Gasteiger partial charge < -0.3 is 9.88 Å². The van der Waals surface area contributed by atoms with Crippen LogP contribution < -0.4 is 11.1 Å². The highest BCUT2D eigenvalue weighted by atomic mass is 32.1. The van der Waals surface area contributed by atoms with Gasteiger partial charge in [0.05, 0.1) is 28.3 Å². The number of carbonyl (C=O) groups excluding carboxylic acids is 1. The van der Waals surface area contributed by atoms with E-state index in [2.05, 4.69) is 20.1 Å². The second kappa shape index (κ2) is 6.38. The highest BCUT2D eigenvalue weighted by Gasteiger charge is 2.34. The van der Waals surface area contributed by atoms with Crippen molar-refractivity contribution in [3.05, 3.63) is 61.0 Å². The molecule has 0 radical (unpaired) electrons. The Morgan fingerprint density at radius 2 is 2.10 bits per heavy atom. The molecule has 0 spiro atoms. The first-order valence-electron chi connectivity index (χ1n) is 9.31. The van der Waals surface area contributed by atoms with Crippen molar-refractivity contribution in [2.45, 2.75) is 32.7 Å². The van der Waals surface area contributed by atoms with E-state index in [0.29, 0.717) is 38.5 Å². The first-order valence-corrected chi connectivity index (χ1v) is 10.1. The molecule has 2 N–H and O–H groups in total. The smallest absolute Gasteiger partial charge is 0.272 e. The standard InChI is InChI=1S/C19H18N6O3S/c1-9-6-14(26)25-13(22-9)7-11(23-25)12-4-3-5-24(12)19(28)16-10(2)15-17(27)20-8-21-18(15)29-16/h6-8,12,23H,3-5H2,1-2H3,(H,20,21,27)/t12-/m1/s1. The summed E-state index contributed by atoms with van der Waals surface area (Å²) in [6.07, 6.45) is 3.00. The van der Waals surface area contributed by atoms with Crippen molar-refractivity contribution < 1.29 is 4.79 Å². The minimum atomic E-state index is -0.239. The van der Waals surface area contributed by atoms with E-state index >= 15 is 0 Å². The predicted octanol–water partition coefficient (Wildman–Crippen LogP) is 1.91. The van der Waals surface area contributed by atoms with Crippen LogP contribution in [0.3, 0.4) is 0 Å². The monoisotopic (exact) mass is 410 g/mol. The number of hydrogen-bond acceptors (Lipinski definition) is 6. The summed E-state index contributed by atoms with van der Waals surface area (Å²) in [6.45, 7) is 4.17. The third kappa shape index (κ3) is 2.70. The van der Waals surface area contributed by atoms with Crippen molar-refractivity contribution in [2.24, 2.45) is 0 Å². The maximum Gasteiger partial charge on any atom is 0.272 e. The molecule has 1 aliphatic heterocycles. The van der Waals surface area contributed by atoms with Gasteiger partial charge in [0.1, 0.15) is 4.83 Å². The van der Waals surface area contributed by atoms with E-state index < -0.39 is 0 Å². The van der Waals surface area contributed by atoms with Crippen LogP contribution in [0.1, 0.15) is 45.5 Å². The predicted molar refractivity (Wildman–Crippen MR) is 109 cm³/mol. The molecule has 5 heterocycles. The SMILES string of the molecule is Cc1cc(=O)n2[nH]c([C@H]3CCCN3C(=O)c3sc4nc[nH]c(=O)c4c3C)cc2n1. The Hall–Kier alpha value is -3.27. The average molecular weight is 410 g/mol. The molecule has 0 bridgehead atoms. The Balaban J connectivity index is 1.56. The number of hydrogen-bond donors (Lipinski definition) is 2. The molecule has 4 aromatic rings. The summed E-state index contributed by atoms with van der Waals surface area (Å²) in [6, 6.07) is 3.12. The van der Waals surface area contributed by atoms with Gasteiger partial charge in [0.2, 0.25) is 0 Å². The van der Waals surface area contributed by atoms with Crippen LogP contribution in [0, 0.1) is 13.8 Å². The number of aromatic nitrogens is 5. The van der Waals surface area contributed by atoms with Gasteiger partial charge in [-0.2, -0.15) is 0 Å². The molecule has 10 heteroatoms. The van der Waals surface area contributed by atoms with Gasteiger partial charge >= 0.3 is 0 Å². The second-order valence-corrected chi connectivity index (χ2v) is 8.26. The fourth-order valence-electron chi connectivity index (χ4n) is 4.05. The molecule has 9 nitrogen and oxygen atoms in total. The number of H-pyrrole nitrogens is 2. The molecule has 1 aliphatic rings. The Kier molecular flexibility index (Phi) is 3.91. The number of nitrogens with zero attached hydrogens (tertiary/aromatic N) is 4. The number of rotatable bonds is 2. The average Bonchev–Trinajstić information content (AvgIpc) is 3.38. The molecule has 1 fully saturated rings. The van der Waals surface area contributed by atoms with Crippen LogP contribution in [0.2, 0.25) is 0 Å². The van der Waals surface area contributed by atoms with Gasteiger partial charge in [0, 0.05) is 24.4 Å². The fraction of sp³-hybridized carbons (Fsp3) is 0.316. The lowest BCUT2D eigenvalue weighted by Crippen LogP contribution is -2.30. The number of aryl methyl sites for hydroxylation is 2. The number of carbonyl (C=O) groups is 1. The van der Waals surface area contributed by atoms with Crippen molar-refractivity contribution in [3.8, 4) is 0 Å². The molecule has 1 amide bonds. The summed E-state index contributed by atoms with van der Waals surface area (Å²) in [4.78, 5) is 51.8. The quantitative estimate of drug-likeness (QED) is 0.524. The van der Waals surface area contributed by atoms with Crippen LogP contribution in [0.4, 0.5) is 0 Å². The number of amides is 1. The molecule has 5 rings (SSSR count). The number of aromatic amines is 2. The lowest BCUT2D eigenvalue weighted by Gasteiger charge is -2.23. The van der Waals surface area contributed by atoms with E-state index in [1.54, 1.807) is 18.7 Å². The van der Waals surface area contributed by atoms with Crippen molar-refractivity contribution >= 4 is 33.1 Å². The molecule has 148 valence electrons. The van der Waals surface area contributed by atoms with E-state index in [0.717, 1.165) is 18.5 Å². The van der Waals surface area contributed by atoms with Crippen molar-refractivity contribution in [2.75, 3.05) is 6.54 Å². The van der Waals surface area contributed by atoms with Gasteiger partial charge in [-0.25, -0.2) is 14.5 Å². The van der Waals surface area contributed by atoms with Crippen molar-refractivity contribution in [1.29, 1.82) is 0 Å². The minimum Gasteiger partial charge on any atom is -0.329 e. The lowest BCUT2D eigenvalue weighted by atomic mass is 10.1. The zero-order valence-corrected chi connectivity index (χ0v) is 16.7. The van der Waals surface area contributed by atoms with Gasteiger partial charge in [-0.1, -0.05) is 0 Å². The second-order valence-electron chi connectivity index (χ2n) is 7.27. The third-order valence-electron chi connectivity index (χ3n) is 5.40. The molecule has 1 saturated heterocycles. The Morgan fingerprint density at radius 1 is 1.28 bits per heavy atom. The summed E-state index contributed by atoms with van der Waals surface area (Å²) in [5.74, 6) is -0.123. The van der Waals surface area contributed by atoms with Gasteiger partial charge in [-0.15, -0.1) is 11.3 Å². The van der Waals surface area contributed by atoms with Crippen LogP contribution >= 0.6 is 11.3 Å². The molecule has 4 aromatic heterocycles. The number of fused-ring (bicyclic) bond motifs is 2. The zero-order chi connectivity index (χ0) is 20.3. The molecule has 0 aromatic carbocycles. The van der Waals surface area contributed by atoms with E-state index in [9.17, 15) is 14.4 Å². The first-order chi connectivity index (χ1) is 13.9. The Bertz CT molecular complexity index is 1390. The normalized spacial score (nSPS) is 16.9. The summed E-state index contributed by atoms with van der Waals surface area (Å²) >= 11 is 1.24. The van der Waals surface area contributed by atoms with Crippen LogP contribution in [0.5, 0.6) is 0 Å². The third-order valence-corrected chi connectivity index (χ3v) is 6.59. The molecule has 1 atom stereocenters. The Morgan fingerprint density at radius 3 is 2.90 bits per heavy atom. The number of nitrogens with one attached hydrogen (secondary N) is 2. The fourth-order valence-corrected chi connectivity index (χ4v) is 5.15. The van der Waals surface area contributed by atoms with Crippen molar-refractivity contribution in [3.63, 3.8) is 0 Å². The van der Waals surface area contributed by atoms with Crippen molar-refractivity contribution in [1.82, 2.24) is 29.5 Å². The molecule has 0 unspecified atom stereocenters. The van der Waals surface area contributed by atoms with Gasteiger partial charge in [-0.05, 0) is 32.3 Å². The number of thiophene rings is 1. The summed E-state index contributed by atoms with van der Waals surface area (Å²) < 4.78 is 1.40. The van der Waals surface area contributed by atoms with E-state index in [-0.39, 0.29) is 23.1 Å². The van der Waals surface area contributed by atoms with Crippen LogP contribution in [-0.2, 0) is 0 Å². The van der Waals surface area contributed by atoms with Gasteiger partial charge in [-0.3, -0.25) is 19.5 Å². The first kappa shape index (κ1) is 17.8. The van der Waals surface area contributed by atoms with Gasteiger partial charge in [0.15, 0.2) is 5.65 Å². The van der Waals surface area contributed by atoms with Gasteiger partial charge in [0.25, 0.3) is 17.0 Å². The number of likely N-dealkylation sites (tertiary alicyclic amines) is 1. The summed E-state index contributed by atoms with van der Waals surface area (Å²) in [5, 5.41) is 3.57. The van der Waals surface area contributed by atoms with Crippen LogP contribution in [0.15, 0.2) is 28.0 Å². The topological polar surface area (TPSA) is 116 Å². The summed E-state index contributed by atoms with van der Waals surface area (Å²) in [7, 11) is 0. The van der Waals surface area contributed by atoms with E-state index in [1.165, 1.54) is 28.2 Å². The maximum atomic E-state index is 13.4. The minimum absolute atomic E-state index is 0.123. The lowest BCUT2D eigenvalue weighted by molar-refractivity contribution is 0.0737. The molecule has 0 aliphatic carbocycles. The van der Waals surface area contributed by atoms with Crippen LogP contribution in [-0.4, -0.2) is 41.9 Å². The largest absolute Gasteiger partial charge is 0.329 e. The highest BCUT2D eigenvalue weighted by Crippen LogP contribution is 2.35. The molecular formula is C19H18N6O3S.